The van der Waals surface area contributed by atoms with Gasteiger partial charge in [0.2, 0.25) is 0 Å². The molecule has 1 saturated carbocycles. The molecule has 0 amide bonds. The van der Waals surface area contributed by atoms with E-state index < -0.39 is 0 Å². The molecule has 1 aromatic rings. The third kappa shape index (κ3) is 3.37. The van der Waals surface area contributed by atoms with E-state index in [4.69, 9.17) is 0 Å². The van der Waals surface area contributed by atoms with Gasteiger partial charge in [-0.05, 0) is 37.7 Å². The van der Waals surface area contributed by atoms with Crippen molar-refractivity contribution in [3.05, 3.63) is 35.9 Å². The summed E-state index contributed by atoms with van der Waals surface area (Å²) in [5.41, 5.74) is 1.47. The lowest BCUT2D eigenvalue weighted by atomic mass is 9.84. The number of hydrogen-bond donors (Lipinski definition) is 1. The van der Waals surface area contributed by atoms with Crippen molar-refractivity contribution in [3.63, 3.8) is 0 Å². The van der Waals surface area contributed by atoms with E-state index in [0.29, 0.717) is 12.1 Å². The summed E-state index contributed by atoms with van der Waals surface area (Å²) in [4.78, 5) is 2.75. The highest BCUT2D eigenvalue weighted by molar-refractivity contribution is 5.16. The zero-order valence-electron chi connectivity index (χ0n) is 12.0. The van der Waals surface area contributed by atoms with Crippen molar-refractivity contribution >= 4 is 0 Å². The van der Waals surface area contributed by atoms with Gasteiger partial charge in [-0.3, -0.25) is 4.90 Å². The van der Waals surface area contributed by atoms with Crippen LogP contribution in [0.25, 0.3) is 0 Å². The standard InChI is InChI=1S/C17H26N2/c1-14-12-19(13-16-8-5-9-16)17(11-18-14)10-15-6-3-2-4-7-15/h2-4,6-7,14,16-18H,5,8-13H2,1H3. The zero-order chi connectivity index (χ0) is 13.1. The van der Waals surface area contributed by atoms with Crippen molar-refractivity contribution in [3.8, 4) is 0 Å². The topological polar surface area (TPSA) is 15.3 Å². The van der Waals surface area contributed by atoms with Gasteiger partial charge in [-0.15, -0.1) is 0 Å². The van der Waals surface area contributed by atoms with Crippen LogP contribution in [0, 0.1) is 5.92 Å². The van der Waals surface area contributed by atoms with Crippen LogP contribution in [-0.4, -0.2) is 36.6 Å². The average Bonchev–Trinajstić information content (AvgIpc) is 2.38. The maximum Gasteiger partial charge on any atom is 0.0261 e. The van der Waals surface area contributed by atoms with E-state index in [0.717, 1.165) is 12.5 Å². The SMILES string of the molecule is CC1CN(CC2CCC2)C(Cc2ccccc2)CN1. The van der Waals surface area contributed by atoms with Gasteiger partial charge < -0.3 is 5.32 Å². The smallest absolute Gasteiger partial charge is 0.0261 e. The molecule has 104 valence electrons. The first-order valence-corrected chi connectivity index (χ1v) is 7.82. The van der Waals surface area contributed by atoms with Gasteiger partial charge in [0.25, 0.3) is 0 Å². The monoisotopic (exact) mass is 258 g/mol. The van der Waals surface area contributed by atoms with Crippen LogP contribution in [0.3, 0.4) is 0 Å². The second-order valence-corrected chi connectivity index (χ2v) is 6.40. The Labute approximate surface area is 117 Å². The molecule has 1 heterocycles. The highest BCUT2D eigenvalue weighted by Crippen LogP contribution is 2.28. The summed E-state index contributed by atoms with van der Waals surface area (Å²) >= 11 is 0. The Balaban J connectivity index is 1.62. The first-order chi connectivity index (χ1) is 9.31. The molecular weight excluding hydrogens is 232 g/mol. The van der Waals surface area contributed by atoms with E-state index in [-0.39, 0.29) is 0 Å². The predicted octanol–water partition coefficient (Wildman–Crippen LogP) is 2.69. The van der Waals surface area contributed by atoms with Gasteiger partial charge in [0.15, 0.2) is 0 Å². The normalized spacial score (nSPS) is 29.1. The van der Waals surface area contributed by atoms with Gasteiger partial charge in [0.05, 0.1) is 0 Å². The molecule has 1 aliphatic carbocycles. The van der Waals surface area contributed by atoms with Crippen LogP contribution in [0.1, 0.15) is 31.7 Å². The summed E-state index contributed by atoms with van der Waals surface area (Å²) < 4.78 is 0. The number of hydrogen-bond acceptors (Lipinski definition) is 2. The van der Waals surface area contributed by atoms with Crippen LogP contribution in [0.5, 0.6) is 0 Å². The molecule has 1 aliphatic heterocycles. The molecule has 19 heavy (non-hydrogen) atoms. The number of rotatable bonds is 4. The third-order valence-corrected chi connectivity index (χ3v) is 4.76. The molecule has 1 saturated heterocycles. The minimum Gasteiger partial charge on any atom is -0.311 e. The molecule has 3 rings (SSSR count). The molecule has 2 aliphatic rings. The van der Waals surface area contributed by atoms with Gasteiger partial charge in [-0.2, -0.15) is 0 Å². The van der Waals surface area contributed by atoms with Crippen LogP contribution in [0.4, 0.5) is 0 Å². The van der Waals surface area contributed by atoms with Gasteiger partial charge in [0.1, 0.15) is 0 Å². The van der Waals surface area contributed by atoms with E-state index in [1.165, 1.54) is 44.3 Å². The van der Waals surface area contributed by atoms with Crippen molar-refractivity contribution in [2.45, 2.75) is 44.7 Å². The van der Waals surface area contributed by atoms with Crippen molar-refractivity contribution in [1.82, 2.24) is 10.2 Å². The lowest BCUT2D eigenvalue weighted by molar-refractivity contribution is 0.0922. The number of benzene rings is 1. The first kappa shape index (κ1) is 13.1. The lowest BCUT2D eigenvalue weighted by Crippen LogP contribution is -2.57. The first-order valence-electron chi connectivity index (χ1n) is 7.82. The Bertz CT molecular complexity index is 386. The second-order valence-electron chi connectivity index (χ2n) is 6.40. The zero-order valence-corrected chi connectivity index (χ0v) is 12.0. The summed E-state index contributed by atoms with van der Waals surface area (Å²) in [6.07, 6.45) is 5.55. The summed E-state index contributed by atoms with van der Waals surface area (Å²) in [5, 5.41) is 3.65. The Morgan fingerprint density at radius 3 is 2.68 bits per heavy atom. The van der Waals surface area contributed by atoms with Gasteiger partial charge in [-0.1, -0.05) is 36.8 Å². The van der Waals surface area contributed by atoms with E-state index >= 15 is 0 Å². The fourth-order valence-electron chi connectivity index (χ4n) is 3.35. The average molecular weight is 258 g/mol. The van der Waals surface area contributed by atoms with Crippen LogP contribution in [-0.2, 0) is 6.42 Å². The van der Waals surface area contributed by atoms with Gasteiger partial charge >= 0.3 is 0 Å². The third-order valence-electron chi connectivity index (χ3n) is 4.76. The minimum atomic E-state index is 0.645. The highest BCUT2D eigenvalue weighted by atomic mass is 15.2. The Morgan fingerprint density at radius 1 is 1.21 bits per heavy atom. The van der Waals surface area contributed by atoms with E-state index in [1.54, 1.807) is 0 Å². The van der Waals surface area contributed by atoms with Gasteiger partial charge in [0, 0.05) is 31.7 Å². The minimum absolute atomic E-state index is 0.645. The molecule has 1 aromatic carbocycles. The van der Waals surface area contributed by atoms with Crippen LogP contribution < -0.4 is 5.32 Å². The molecule has 2 nitrogen and oxygen atoms in total. The number of piperazine rings is 1. The van der Waals surface area contributed by atoms with Gasteiger partial charge in [-0.25, -0.2) is 0 Å². The van der Waals surface area contributed by atoms with E-state index in [1.807, 2.05) is 0 Å². The summed E-state index contributed by atoms with van der Waals surface area (Å²) in [6.45, 7) is 5.99. The summed E-state index contributed by atoms with van der Waals surface area (Å²) in [5.74, 6) is 0.976. The number of nitrogens with zero attached hydrogens (tertiary/aromatic N) is 1. The molecule has 0 spiro atoms. The molecule has 2 atom stereocenters. The van der Waals surface area contributed by atoms with E-state index in [9.17, 15) is 0 Å². The fourth-order valence-corrected chi connectivity index (χ4v) is 3.35. The molecule has 0 bridgehead atoms. The van der Waals surface area contributed by atoms with Crippen LogP contribution >= 0.6 is 0 Å². The molecule has 1 N–H and O–H groups in total. The Kier molecular flexibility index (Phi) is 4.19. The molecule has 0 radical (unpaired) electrons. The van der Waals surface area contributed by atoms with Crippen molar-refractivity contribution < 1.29 is 0 Å². The number of nitrogens with one attached hydrogen (secondary N) is 1. The largest absolute Gasteiger partial charge is 0.311 e. The second kappa shape index (κ2) is 6.06. The highest BCUT2D eigenvalue weighted by Gasteiger charge is 2.29. The van der Waals surface area contributed by atoms with Crippen LogP contribution in [0.15, 0.2) is 30.3 Å². The van der Waals surface area contributed by atoms with E-state index in [2.05, 4.69) is 47.5 Å². The van der Waals surface area contributed by atoms with Crippen molar-refractivity contribution in [2.75, 3.05) is 19.6 Å². The molecular formula is C17H26N2. The maximum absolute atomic E-state index is 3.65. The lowest BCUT2D eigenvalue weighted by Gasteiger charge is -2.43. The molecule has 2 unspecified atom stereocenters. The summed E-state index contributed by atoms with van der Waals surface area (Å²) in [6, 6.07) is 12.3. The quantitative estimate of drug-likeness (QED) is 0.893. The predicted molar refractivity (Wildman–Crippen MR) is 80.3 cm³/mol. The van der Waals surface area contributed by atoms with Crippen LogP contribution in [0.2, 0.25) is 0 Å². The summed E-state index contributed by atoms with van der Waals surface area (Å²) in [7, 11) is 0. The van der Waals surface area contributed by atoms with Crippen molar-refractivity contribution in [1.29, 1.82) is 0 Å². The molecule has 2 fully saturated rings. The molecule has 2 heteroatoms. The fraction of sp³-hybridized carbons (Fsp3) is 0.647. The van der Waals surface area contributed by atoms with Crippen molar-refractivity contribution in [2.24, 2.45) is 5.92 Å². The maximum atomic E-state index is 3.65. The Hall–Kier alpha value is -0.860. The Morgan fingerprint density at radius 2 is 2.00 bits per heavy atom. The molecule has 0 aromatic heterocycles.